The van der Waals surface area contributed by atoms with Gasteiger partial charge in [-0.2, -0.15) is 0 Å². The van der Waals surface area contributed by atoms with E-state index in [-0.39, 0.29) is 0 Å². The molecule has 0 saturated heterocycles. The predicted molar refractivity (Wildman–Crippen MR) is 108 cm³/mol. The third-order valence-corrected chi connectivity index (χ3v) is 19.7. The quantitative estimate of drug-likeness (QED) is 0.291. The summed E-state index contributed by atoms with van der Waals surface area (Å²) in [6, 6.07) is 5.55. The second-order valence-corrected chi connectivity index (χ2v) is 21.5. The first-order valence-corrected chi connectivity index (χ1v) is 17.7. The van der Waals surface area contributed by atoms with Gasteiger partial charge in [-0.05, 0) is 55.2 Å². The Morgan fingerprint density at radius 1 is 0.773 bits per heavy atom. The van der Waals surface area contributed by atoms with E-state index in [2.05, 4.69) is 61.6 Å². The van der Waals surface area contributed by atoms with Crippen molar-refractivity contribution in [1.29, 1.82) is 0 Å². The molecule has 0 aromatic heterocycles. The van der Waals surface area contributed by atoms with Gasteiger partial charge in [-0.25, -0.2) is 0 Å². The monoisotopic (exact) mass is 382 g/mol. The van der Waals surface area contributed by atoms with Crippen LogP contribution in [0.1, 0.15) is 48.5 Å². The zero-order valence-corrected chi connectivity index (χ0v) is 20.1. The fourth-order valence-electron chi connectivity index (χ4n) is 3.34. The van der Waals surface area contributed by atoms with Crippen molar-refractivity contribution >= 4 is 35.6 Å². The van der Waals surface area contributed by atoms with Crippen molar-refractivity contribution in [2.24, 2.45) is 11.8 Å². The molecule has 0 fully saturated rings. The molecular formula is C16H39ClO2Si3. The lowest BCUT2D eigenvalue weighted by molar-refractivity contribution is 0.379. The van der Waals surface area contributed by atoms with Crippen LogP contribution >= 0.6 is 11.1 Å². The van der Waals surface area contributed by atoms with Gasteiger partial charge < -0.3 is 8.23 Å². The van der Waals surface area contributed by atoms with Gasteiger partial charge in [0, 0.05) is 0 Å². The fourth-order valence-corrected chi connectivity index (χ4v) is 21.6. The van der Waals surface area contributed by atoms with E-state index in [9.17, 15) is 0 Å². The highest BCUT2D eigenvalue weighted by atomic mass is 35.6. The van der Waals surface area contributed by atoms with Crippen LogP contribution in [0.2, 0.25) is 43.3 Å². The van der Waals surface area contributed by atoms with Gasteiger partial charge in [0.25, 0.3) is 7.63 Å². The molecular weight excluding hydrogens is 344 g/mol. The lowest BCUT2D eigenvalue weighted by Crippen LogP contribution is -2.54. The molecule has 0 heterocycles. The molecule has 6 heteroatoms. The zero-order chi connectivity index (χ0) is 17.6. The second kappa shape index (κ2) is 9.37. The van der Waals surface area contributed by atoms with E-state index in [1.165, 1.54) is 18.1 Å². The Balaban J connectivity index is 5.15. The molecule has 22 heavy (non-hydrogen) atoms. The van der Waals surface area contributed by atoms with Gasteiger partial charge in [-0.3, -0.25) is 0 Å². The normalized spacial score (nSPS) is 14.2. The molecule has 0 atom stereocenters. The summed E-state index contributed by atoms with van der Waals surface area (Å²) in [7, 11) is -6.03. The van der Waals surface area contributed by atoms with Crippen LogP contribution in [0.3, 0.4) is 0 Å². The van der Waals surface area contributed by atoms with Crippen LogP contribution in [0.25, 0.3) is 0 Å². The summed E-state index contributed by atoms with van der Waals surface area (Å²) < 4.78 is 13.4. The van der Waals surface area contributed by atoms with Crippen LogP contribution in [-0.2, 0) is 8.23 Å². The van der Waals surface area contributed by atoms with Crippen molar-refractivity contribution in [2.75, 3.05) is 0 Å². The number of rotatable bonds is 11. The molecule has 0 bridgehead atoms. The first kappa shape index (κ1) is 22.9. The summed E-state index contributed by atoms with van der Waals surface area (Å²) in [6.07, 6.45) is 0. The van der Waals surface area contributed by atoms with Crippen molar-refractivity contribution < 1.29 is 8.23 Å². The molecule has 0 rings (SSSR count). The molecule has 0 aromatic carbocycles. The molecule has 0 spiro atoms. The number of halogens is 1. The summed E-state index contributed by atoms with van der Waals surface area (Å²) >= 11 is 7.06. The van der Waals surface area contributed by atoms with Crippen molar-refractivity contribution in [3.8, 4) is 0 Å². The summed E-state index contributed by atoms with van der Waals surface area (Å²) in [4.78, 5) is 0. The van der Waals surface area contributed by atoms with Crippen molar-refractivity contribution in [3.05, 3.63) is 0 Å². The molecule has 2 nitrogen and oxygen atoms in total. The van der Waals surface area contributed by atoms with E-state index in [1.54, 1.807) is 0 Å². The average Bonchev–Trinajstić information content (AvgIpc) is 2.32. The first-order valence-electron chi connectivity index (χ1n) is 9.02. The zero-order valence-electron chi connectivity index (χ0n) is 16.4. The summed E-state index contributed by atoms with van der Waals surface area (Å²) in [5, 5.41) is 0. The smallest absolute Gasteiger partial charge is 0.311 e. The van der Waals surface area contributed by atoms with E-state index in [0.29, 0.717) is 11.8 Å². The standard InChI is InChI=1S/C16H39ClO2Si3/c1-10-21(11-2,12-3)18-20(8,9)19-22(17,13-15(4)5)14-16(6)7/h15-16H,10-14H2,1-9H3. The van der Waals surface area contributed by atoms with Crippen molar-refractivity contribution in [3.63, 3.8) is 0 Å². The Hall–Kier alpha value is 0.861. The summed E-state index contributed by atoms with van der Waals surface area (Å²) in [5.74, 6) is 1.16. The van der Waals surface area contributed by atoms with Gasteiger partial charge in [0.1, 0.15) is 0 Å². The van der Waals surface area contributed by atoms with Gasteiger partial charge in [0.2, 0.25) is 0 Å². The Morgan fingerprint density at radius 2 is 1.14 bits per heavy atom. The van der Waals surface area contributed by atoms with Crippen LogP contribution in [0, 0.1) is 11.8 Å². The molecule has 0 N–H and O–H groups in total. The maximum absolute atomic E-state index is 7.06. The highest BCUT2D eigenvalue weighted by Crippen LogP contribution is 2.35. The minimum absolute atomic E-state index is 0.582. The number of hydrogen-bond acceptors (Lipinski definition) is 2. The van der Waals surface area contributed by atoms with Crippen LogP contribution in [0.4, 0.5) is 0 Å². The van der Waals surface area contributed by atoms with E-state index < -0.39 is 24.5 Å². The predicted octanol–water partition coefficient (Wildman–Crippen LogP) is 6.72. The minimum atomic E-state index is -2.22. The summed E-state index contributed by atoms with van der Waals surface area (Å²) in [5.41, 5.74) is 0. The highest BCUT2D eigenvalue weighted by molar-refractivity contribution is 7.19. The van der Waals surface area contributed by atoms with E-state index in [4.69, 9.17) is 19.3 Å². The first-order chi connectivity index (χ1) is 9.93. The van der Waals surface area contributed by atoms with Crippen LogP contribution in [-0.4, -0.2) is 24.5 Å². The third-order valence-electron chi connectivity index (χ3n) is 4.25. The van der Waals surface area contributed by atoms with Crippen molar-refractivity contribution in [2.45, 2.75) is 91.8 Å². The van der Waals surface area contributed by atoms with Crippen molar-refractivity contribution in [1.82, 2.24) is 0 Å². The van der Waals surface area contributed by atoms with Crippen LogP contribution in [0.15, 0.2) is 0 Å². The van der Waals surface area contributed by atoms with Crippen LogP contribution < -0.4 is 0 Å². The van der Waals surface area contributed by atoms with Gasteiger partial charge in [-0.15, -0.1) is 11.1 Å². The third kappa shape index (κ3) is 8.11. The van der Waals surface area contributed by atoms with Gasteiger partial charge in [0.15, 0.2) is 8.32 Å². The lowest BCUT2D eigenvalue weighted by Gasteiger charge is -2.41. The van der Waals surface area contributed by atoms with E-state index in [1.807, 2.05) is 0 Å². The summed E-state index contributed by atoms with van der Waals surface area (Å²) in [6.45, 7) is 20.2. The van der Waals surface area contributed by atoms with Gasteiger partial charge in [-0.1, -0.05) is 48.5 Å². The second-order valence-electron chi connectivity index (χ2n) is 7.93. The van der Waals surface area contributed by atoms with Crippen LogP contribution in [0.5, 0.6) is 0 Å². The minimum Gasteiger partial charge on any atom is -0.436 e. The maximum atomic E-state index is 7.06. The van der Waals surface area contributed by atoms with Gasteiger partial charge in [0.05, 0.1) is 0 Å². The molecule has 0 aliphatic carbocycles. The fraction of sp³-hybridized carbons (Fsp3) is 1.00. The molecule has 0 unspecified atom stereocenters. The molecule has 0 saturated carbocycles. The molecule has 0 radical (unpaired) electrons. The van der Waals surface area contributed by atoms with E-state index in [0.717, 1.165) is 12.1 Å². The Kier molecular flexibility index (Phi) is 9.74. The molecule has 0 amide bonds. The topological polar surface area (TPSA) is 18.5 Å². The molecule has 0 aromatic rings. The number of hydrogen-bond donors (Lipinski definition) is 0. The van der Waals surface area contributed by atoms with Gasteiger partial charge >= 0.3 is 8.56 Å². The average molecular weight is 383 g/mol. The SMILES string of the molecule is CC[Si](CC)(CC)O[Si](C)(C)O[Si](Cl)(CC(C)C)CC(C)C. The molecule has 134 valence electrons. The highest BCUT2D eigenvalue weighted by Gasteiger charge is 2.45. The van der Waals surface area contributed by atoms with E-state index >= 15 is 0 Å². The maximum Gasteiger partial charge on any atom is 0.311 e. The Labute approximate surface area is 147 Å². The lowest BCUT2D eigenvalue weighted by atomic mass is 10.3. The molecule has 0 aliphatic rings. The Bertz CT molecular complexity index is 300. The Morgan fingerprint density at radius 3 is 1.41 bits per heavy atom. The largest absolute Gasteiger partial charge is 0.436 e. The molecule has 0 aliphatic heterocycles.